The van der Waals surface area contributed by atoms with E-state index in [1.165, 1.54) is 6.92 Å². The van der Waals surface area contributed by atoms with Gasteiger partial charge in [-0.15, -0.1) is 0 Å². The molecule has 28 heavy (non-hydrogen) atoms. The van der Waals surface area contributed by atoms with Gasteiger partial charge in [-0.3, -0.25) is 9.58 Å². The van der Waals surface area contributed by atoms with E-state index in [0.717, 1.165) is 16.7 Å². The average molecular weight is 435 g/mol. The van der Waals surface area contributed by atoms with Gasteiger partial charge in [0, 0.05) is 36.9 Å². The molecule has 0 spiro atoms. The molecule has 2 heterocycles. The summed E-state index contributed by atoms with van der Waals surface area (Å²) in [6.45, 7) is 4.08. The van der Waals surface area contributed by atoms with Gasteiger partial charge in [0.05, 0.1) is 23.3 Å². The molecule has 0 radical (unpaired) electrons. The fraction of sp³-hybridized carbons (Fsp3) is 0.444. The van der Waals surface area contributed by atoms with Crippen molar-refractivity contribution in [3.8, 4) is 0 Å². The highest BCUT2D eigenvalue weighted by atomic mass is 35.5. The Balaban J connectivity index is 1.67. The van der Waals surface area contributed by atoms with Crippen molar-refractivity contribution in [2.75, 3.05) is 31.1 Å². The van der Waals surface area contributed by atoms with Crippen molar-refractivity contribution in [1.29, 1.82) is 0 Å². The molecule has 2 aromatic rings. The van der Waals surface area contributed by atoms with Crippen molar-refractivity contribution < 1.29 is 18.0 Å². The molecule has 1 fully saturated rings. The predicted molar refractivity (Wildman–Crippen MR) is 102 cm³/mol. The van der Waals surface area contributed by atoms with Gasteiger partial charge in [0.25, 0.3) is 0 Å². The normalized spacial score (nSPS) is 17.0. The Hall–Kier alpha value is -1.77. The van der Waals surface area contributed by atoms with Gasteiger partial charge in [-0.05, 0) is 31.2 Å². The molecule has 0 amide bonds. The summed E-state index contributed by atoms with van der Waals surface area (Å²) in [6.07, 6.45) is -3.88. The molecule has 152 valence electrons. The third-order valence-corrected chi connectivity index (χ3v) is 5.60. The molecule has 0 N–H and O–H groups in total. The second kappa shape index (κ2) is 8.31. The molecule has 10 heteroatoms. The Bertz CT molecular complexity index is 831. The number of anilines is 1. The molecule has 5 nitrogen and oxygen atoms in total. The van der Waals surface area contributed by atoms with E-state index in [-0.39, 0.29) is 12.2 Å². The Morgan fingerprint density at radius 1 is 1.14 bits per heavy atom. The van der Waals surface area contributed by atoms with Crippen LogP contribution in [-0.2, 0) is 17.5 Å². The van der Waals surface area contributed by atoms with Crippen LogP contribution < -0.4 is 4.90 Å². The van der Waals surface area contributed by atoms with E-state index >= 15 is 0 Å². The van der Waals surface area contributed by atoms with Crippen molar-refractivity contribution in [3.63, 3.8) is 0 Å². The molecule has 1 aromatic heterocycles. The van der Waals surface area contributed by atoms with Gasteiger partial charge in [0.2, 0.25) is 0 Å². The molecule has 0 bridgehead atoms. The lowest BCUT2D eigenvalue weighted by Gasteiger charge is -2.38. The maximum Gasteiger partial charge on any atom is 0.436 e. The Morgan fingerprint density at radius 3 is 2.25 bits per heavy atom. The number of nitrogens with zero attached hydrogens (tertiary/aromatic N) is 4. The van der Waals surface area contributed by atoms with E-state index in [1.807, 2.05) is 29.2 Å². The lowest BCUT2D eigenvalue weighted by Crippen LogP contribution is -2.52. The molecule has 0 saturated carbocycles. The van der Waals surface area contributed by atoms with Crippen molar-refractivity contribution in [2.24, 2.45) is 0 Å². The molecule has 1 unspecified atom stereocenters. The van der Waals surface area contributed by atoms with E-state index in [4.69, 9.17) is 23.2 Å². The summed E-state index contributed by atoms with van der Waals surface area (Å²) >= 11 is 11.7. The highest BCUT2D eigenvalue weighted by Crippen LogP contribution is 2.35. The number of rotatable bonds is 5. The average Bonchev–Trinajstić information content (AvgIpc) is 2.95. The quantitative estimate of drug-likeness (QED) is 0.669. The van der Waals surface area contributed by atoms with Crippen molar-refractivity contribution in [3.05, 3.63) is 45.7 Å². The third-order valence-electron chi connectivity index (χ3n) is 4.89. The molecule has 1 saturated heterocycles. The first kappa shape index (κ1) is 21.0. The van der Waals surface area contributed by atoms with Gasteiger partial charge in [0.15, 0.2) is 5.69 Å². The molecule has 1 aliphatic heterocycles. The van der Waals surface area contributed by atoms with Crippen LogP contribution in [0.2, 0.25) is 10.0 Å². The molecular weight excluding hydrogens is 416 g/mol. The van der Waals surface area contributed by atoms with Crippen LogP contribution in [0.25, 0.3) is 0 Å². The zero-order valence-electron chi connectivity index (χ0n) is 15.1. The number of aromatic nitrogens is 2. The van der Waals surface area contributed by atoms with E-state index < -0.39 is 22.9 Å². The molecule has 1 atom stereocenters. The number of hydrogen-bond donors (Lipinski definition) is 0. The fourth-order valence-electron chi connectivity index (χ4n) is 3.27. The Morgan fingerprint density at radius 2 is 1.75 bits per heavy atom. The summed E-state index contributed by atoms with van der Waals surface area (Å²) in [7, 11) is 0. The first-order valence-corrected chi connectivity index (χ1v) is 9.46. The predicted octanol–water partition coefficient (Wildman–Crippen LogP) is 3.91. The van der Waals surface area contributed by atoms with E-state index in [1.54, 1.807) is 0 Å². The number of piperazine rings is 1. The number of carbonyl (C=O) groups excluding carboxylic acids is 1. The van der Waals surface area contributed by atoms with Crippen molar-refractivity contribution >= 4 is 35.2 Å². The number of benzene rings is 1. The van der Waals surface area contributed by atoms with E-state index in [2.05, 4.69) is 10.00 Å². The van der Waals surface area contributed by atoms with Gasteiger partial charge < -0.3 is 9.69 Å². The second-order valence-corrected chi connectivity index (χ2v) is 7.45. The van der Waals surface area contributed by atoms with Gasteiger partial charge >= 0.3 is 6.18 Å². The van der Waals surface area contributed by atoms with Gasteiger partial charge in [-0.1, -0.05) is 23.2 Å². The first-order valence-electron chi connectivity index (χ1n) is 8.70. The maximum atomic E-state index is 13.0. The van der Waals surface area contributed by atoms with Crippen LogP contribution in [0, 0.1) is 6.92 Å². The summed E-state index contributed by atoms with van der Waals surface area (Å²) in [5.74, 6) is 0. The molecule has 3 rings (SSSR count). The monoisotopic (exact) mass is 434 g/mol. The molecular formula is C18H19Cl2F3N4O. The number of hydrogen-bond acceptors (Lipinski definition) is 4. The SMILES string of the molecule is Cc1c(Cl)c(C(F)(F)F)nn1CC(C=O)N1CCN(c2ccc(Cl)cc2)CC1. The largest absolute Gasteiger partial charge is 0.436 e. The Kier molecular flexibility index (Phi) is 6.21. The summed E-state index contributed by atoms with van der Waals surface area (Å²) in [5, 5.41) is 3.82. The van der Waals surface area contributed by atoms with Gasteiger partial charge in [-0.25, -0.2) is 0 Å². The minimum absolute atomic E-state index is 0.0199. The van der Waals surface area contributed by atoms with E-state index in [9.17, 15) is 18.0 Å². The molecule has 0 aliphatic carbocycles. The molecule has 1 aliphatic rings. The number of alkyl halides is 3. The zero-order valence-corrected chi connectivity index (χ0v) is 16.6. The Labute approximate surface area is 170 Å². The third kappa shape index (κ3) is 4.45. The van der Waals surface area contributed by atoms with Crippen LogP contribution in [0.15, 0.2) is 24.3 Å². The highest BCUT2D eigenvalue weighted by Gasteiger charge is 2.38. The summed E-state index contributed by atoms with van der Waals surface area (Å²) in [6, 6.07) is 6.93. The van der Waals surface area contributed by atoms with E-state index in [0.29, 0.717) is 31.2 Å². The molecule has 1 aromatic carbocycles. The summed E-state index contributed by atoms with van der Waals surface area (Å²) < 4.78 is 40.1. The van der Waals surface area contributed by atoms with Crippen LogP contribution in [-0.4, -0.2) is 53.2 Å². The highest BCUT2D eigenvalue weighted by molar-refractivity contribution is 6.32. The maximum absolute atomic E-state index is 13.0. The lowest BCUT2D eigenvalue weighted by atomic mass is 10.2. The number of halogens is 5. The van der Waals surface area contributed by atoms with Crippen LogP contribution in [0.5, 0.6) is 0 Å². The van der Waals surface area contributed by atoms with Gasteiger partial charge in [0.1, 0.15) is 6.29 Å². The lowest BCUT2D eigenvalue weighted by molar-refractivity contribution is -0.141. The van der Waals surface area contributed by atoms with Crippen LogP contribution in [0.4, 0.5) is 18.9 Å². The fourth-order valence-corrected chi connectivity index (χ4v) is 3.64. The summed E-state index contributed by atoms with van der Waals surface area (Å²) in [4.78, 5) is 15.8. The zero-order chi connectivity index (χ0) is 20.5. The second-order valence-electron chi connectivity index (χ2n) is 6.63. The van der Waals surface area contributed by atoms with Crippen LogP contribution in [0.1, 0.15) is 11.4 Å². The standard InChI is InChI=1S/C18H19Cl2F3N4O/c1-12-16(20)17(18(21,22)23)24-27(12)10-15(11-28)26-8-6-25(7-9-26)14-4-2-13(19)3-5-14/h2-5,11,15H,6-10H2,1H3. The topological polar surface area (TPSA) is 41.4 Å². The minimum atomic E-state index is -4.63. The summed E-state index contributed by atoms with van der Waals surface area (Å²) in [5.41, 5.74) is 0.112. The van der Waals surface area contributed by atoms with Gasteiger partial charge in [-0.2, -0.15) is 18.3 Å². The van der Waals surface area contributed by atoms with Crippen LogP contribution in [0.3, 0.4) is 0 Å². The van der Waals surface area contributed by atoms with Crippen LogP contribution >= 0.6 is 23.2 Å². The number of carbonyl (C=O) groups is 1. The van der Waals surface area contributed by atoms with Crippen molar-refractivity contribution in [2.45, 2.75) is 25.7 Å². The smallest absolute Gasteiger partial charge is 0.369 e. The number of aldehydes is 1. The van der Waals surface area contributed by atoms with Crippen molar-refractivity contribution in [1.82, 2.24) is 14.7 Å². The first-order chi connectivity index (χ1) is 13.2. The minimum Gasteiger partial charge on any atom is -0.369 e.